The van der Waals surface area contributed by atoms with Gasteiger partial charge in [0.25, 0.3) is 0 Å². The Kier molecular flexibility index (Phi) is 3.87. The number of anilines is 1. The normalized spacial score (nSPS) is 11.7. The van der Waals surface area contributed by atoms with Gasteiger partial charge >= 0.3 is 0 Å². The highest BCUT2D eigenvalue weighted by Gasteiger charge is 2.23. The molecule has 0 saturated carbocycles. The Balaban J connectivity index is 2.31. The van der Waals surface area contributed by atoms with Gasteiger partial charge in [0, 0.05) is 32.4 Å². The summed E-state index contributed by atoms with van der Waals surface area (Å²) in [7, 11) is -0.279. The van der Waals surface area contributed by atoms with Crippen LogP contribution in [0, 0.1) is 0 Å². The smallest absolute Gasteiger partial charge is 0.245 e. The maximum absolute atomic E-state index is 12.5. The van der Waals surface area contributed by atoms with Crippen molar-refractivity contribution >= 4 is 15.7 Å². The standard InChI is InChI=1S/C12H16N4O2S/c1-13-11-5-3-4-6-12(11)19(17,18)16(2)9-10-7-14-15-8-10/h3-8,13H,9H2,1-2H3,(H,14,15). The number of benzene rings is 1. The maximum atomic E-state index is 12.5. The molecule has 0 bridgehead atoms. The summed E-state index contributed by atoms with van der Waals surface area (Å²) >= 11 is 0. The number of rotatable bonds is 5. The molecule has 102 valence electrons. The molecule has 6 nitrogen and oxygen atoms in total. The summed E-state index contributed by atoms with van der Waals surface area (Å²) in [6.07, 6.45) is 3.28. The zero-order chi connectivity index (χ0) is 13.9. The molecule has 1 aromatic heterocycles. The van der Waals surface area contributed by atoms with Crippen LogP contribution in [0.3, 0.4) is 0 Å². The quantitative estimate of drug-likeness (QED) is 0.864. The highest BCUT2D eigenvalue weighted by atomic mass is 32.2. The Morgan fingerprint density at radius 1 is 1.37 bits per heavy atom. The van der Waals surface area contributed by atoms with Gasteiger partial charge < -0.3 is 5.32 Å². The zero-order valence-electron chi connectivity index (χ0n) is 10.8. The molecule has 0 amide bonds. The Labute approximate surface area is 112 Å². The number of aromatic nitrogens is 2. The fourth-order valence-corrected chi connectivity index (χ4v) is 3.13. The van der Waals surface area contributed by atoms with E-state index in [1.165, 1.54) is 4.31 Å². The molecule has 19 heavy (non-hydrogen) atoms. The first-order valence-corrected chi connectivity index (χ1v) is 7.20. The topological polar surface area (TPSA) is 78.1 Å². The predicted octanol–water partition coefficient (Wildman–Crippen LogP) is 1.27. The lowest BCUT2D eigenvalue weighted by molar-refractivity contribution is 0.467. The van der Waals surface area contributed by atoms with Gasteiger partial charge in [-0.15, -0.1) is 0 Å². The fraction of sp³-hybridized carbons (Fsp3) is 0.250. The van der Waals surface area contributed by atoms with E-state index in [0.717, 1.165) is 5.56 Å². The van der Waals surface area contributed by atoms with Crippen LogP contribution in [-0.2, 0) is 16.6 Å². The van der Waals surface area contributed by atoms with Crippen molar-refractivity contribution in [2.45, 2.75) is 11.4 Å². The van der Waals surface area contributed by atoms with E-state index < -0.39 is 10.0 Å². The summed E-state index contributed by atoms with van der Waals surface area (Å²) in [4.78, 5) is 0.267. The average Bonchev–Trinajstić information content (AvgIpc) is 2.91. The fourth-order valence-electron chi connectivity index (χ4n) is 1.77. The van der Waals surface area contributed by atoms with Crippen LogP contribution in [0.5, 0.6) is 0 Å². The first-order chi connectivity index (χ1) is 9.05. The number of para-hydroxylation sites is 1. The third kappa shape index (κ3) is 2.77. The lowest BCUT2D eigenvalue weighted by Gasteiger charge is -2.18. The van der Waals surface area contributed by atoms with Crippen LogP contribution >= 0.6 is 0 Å². The van der Waals surface area contributed by atoms with Crippen molar-refractivity contribution in [3.8, 4) is 0 Å². The minimum Gasteiger partial charge on any atom is -0.387 e. The van der Waals surface area contributed by atoms with Crippen molar-refractivity contribution in [1.29, 1.82) is 0 Å². The Morgan fingerprint density at radius 2 is 2.11 bits per heavy atom. The second-order valence-corrected chi connectivity index (χ2v) is 6.13. The van der Waals surface area contributed by atoms with Gasteiger partial charge in [-0.25, -0.2) is 8.42 Å². The number of nitrogens with zero attached hydrogens (tertiary/aromatic N) is 2. The molecule has 0 aliphatic rings. The molecule has 7 heteroatoms. The van der Waals surface area contributed by atoms with Gasteiger partial charge in [-0.3, -0.25) is 5.10 Å². The molecule has 0 spiro atoms. The summed E-state index contributed by atoms with van der Waals surface area (Å²) < 4.78 is 26.3. The zero-order valence-corrected chi connectivity index (χ0v) is 11.6. The van der Waals surface area contributed by atoms with E-state index in [-0.39, 0.29) is 11.4 Å². The molecule has 2 rings (SSSR count). The molecular weight excluding hydrogens is 264 g/mol. The van der Waals surface area contributed by atoms with Gasteiger partial charge in [0.1, 0.15) is 4.90 Å². The first-order valence-electron chi connectivity index (χ1n) is 5.76. The van der Waals surface area contributed by atoms with Crippen molar-refractivity contribution in [3.63, 3.8) is 0 Å². The van der Waals surface area contributed by atoms with E-state index in [9.17, 15) is 8.42 Å². The Morgan fingerprint density at radius 3 is 2.74 bits per heavy atom. The summed E-state index contributed by atoms with van der Waals surface area (Å²) in [5.41, 5.74) is 1.40. The van der Waals surface area contributed by atoms with Crippen molar-refractivity contribution < 1.29 is 8.42 Å². The molecule has 1 aromatic carbocycles. The first kappa shape index (κ1) is 13.6. The molecular formula is C12H16N4O2S. The molecule has 0 radical (unpaired) electrons. The van der Waals surface area contributed by atoms with Crippen LogP contribution < -0.4 is 5.32 Å². The number of nitrogens with one attached hydrogen (secondary N) is 2. The highest BCUT2D eigenvalue weighted by molar-refractivity contribution is 7.89. The molecule has 0 unspecified atom stereocenters. The third-order valence-corrected chi connectivity index (χ3v) is 4.67. The number of H-pyrrole nitrogens is 1. The third-order valence-electron chi connectivity index (χ3n) is 2.80. The van der Waals surface area contributed by atoms with Crippen LogP contribution in [0.25, 0.3) is 0 Å². The van der Waals surface area contributed by atoms with E-state index >= 15 is 0 Å². The highest BCUT2D eigenvalue weighted by Crippen LogP contribution is 2.24. The van der Waals surface area contributed by atoms with Crippen LogP contribution in [-0.4, -0.2) is 37.0 Å². The van der Waals surface area contributed by atoms with E-state index in [0.29, 0.717) is 5.69 Å². The minimum atomic E-state index is -3.53. The number of sulfonamides is 1. The predicted molar refractivity (Wildman–Crippen MR) is 73.2 cm³/mol. The van der Waals surface area contributed by atoms with Gasteiger partial charge in [-0.2, -0.15) is 9.40 Å². The second-order valence-electron chi connectivity index (χ2n) is 4.11. The molecule has 1 heterocycles. The lowest BCUT2D eigenvalue weighted by Crippen LogP contribution is -2.27. The van der Waals surface area contributed by atoms with Crippen LogP contribution in [0.4, 0.5) is 5.69 Å². The summed E-state index contributed by atoms with van der Waals surface area (Å²) in [5.74, 6) is 0. The largest absolute Gasteiger partial charge is 0.387 e. The molecule has 2 aromatic rings. The van der Waals surface area contributed by atoms with Crippen LogP contribution in [0.1, 0.15) is 5.56 Å². The lowest BCUT2D eigenvalue weighted by atomic mass is 10.3. The summed E-state index contributed by atoms with van der Waals surface area (Å²) in [6, 6.07) is 6.83. The van der Waals surface area contributed by atoms with E-state index in [1.807, 2.05) is 0 Å². The van der Waals surface area contributed by atoms with Gasteiger partial charge in [0.2, 0.25) is 10.0 Å². The molecule has 0 saturated heterocycles. The maximum Gasteiger partial charge on any atom is 0.245 e. The van der Waals surface area contributed by atoms with Gasteiger partial charge in [0.05, 0.1) is 11.9 Å². The van der Waals surface area contributed by atoms with Crippen molar-refractivity contribution in [2.75, 3.05) is 19.4 Å². The summed E-state index contributed by atoms with van der Waals surface area (Å²) in [5, 5.41) is 9.36. The second kappa shape index (κ2) is 5.41. The Hall–Kier alpha value is -1.86. The number of hydrogen-bond acceptors (Lipinski definition) is 4. The van der Waals surface area contributed by atoms with Crippen molar-refractivity contribution in [2.24, 2.45) is 0 Å². The minimum absolute atomic E-state index is 0.267. The van der Waals surface area contributed by atoms with E-state index in [1.54, 1.807) is 50.8 Å². The number of aromatic amines is 1. The number of hydrogen-bond donors (Lipinski definition) is 2. The molecule has 0 aliphatic carbocycles. The van der Waals surface area contributed by atoms with Gasteiger partial charge in [-0.05, 0) is 12.1 Å². The van der Waals surface area contributed by atoms with Crippen molar-refractivity contribution in [1.82, 2.24) is 14.5 Å². The van der Waals surface area contributed by atoms with Crippen LogP contribution in [0.2, 0.25) is 0 Å². The van der Waals surface area contributed by atoms with Gasteiger partial charge in [-0.1, -0.05) is 12.1 Å². The molecule has 0 aliphatic heterocycles. The van der Waals surface area contributed by atoms with Crippen LogP contribution in [0.15, 0.2) is 41.6 Å². The van der Waals surface area contributed by atoms with Crippen molar-refractivity contribution in [3.05, 3.63) is 42.2 Å². The molecule has 2 N–H and O–H groups in total. The van der Waals surface area contributed by atoms with E-state index in [2.05, 4.69) is 15.5 Å². The average molecular weight is 280 g/mol. The molecule has 0 atom stereocenters. The van der Waals surface area contributed by atoms with E-state index in [4.69, 9.17) is 0 Å². The molecule has 0 fully saturated rings. The van der Waals surface area contributed by atoms with Gasteiger partial charge in [0.15, 0.2) is 0 Å². The monoisotopic (exact) mass is 280 g/mol. The summed E-state index contributed by atoms with van der Waals surface area (Å²) in [6.45, 7) is 0.275. The Bertz CT molecular complexity index is 638. The SMILES string of the molecule is CNc1ccccc1S(=O)(=O)N(C)Cc1cn[nH]c1.